The highest BCUT2D eigenvalue weighted by molar-refractivity contribution is 9.10. The fourth-order valence-corrected chi connectivity index (χ4v) is 8.09. The summed E-state index contributed by atoms with van der Waals surface area (Å²) in [6.45, 7) is 3.11. The quantitative estimate of drug-likeness (QED) is 0.744. The molecule has 1 N–H and O–H groups in total. The predicted molar refractivity (Wildman–Crippen MR) is 96.8 cm³/mol. The van der Waals surface area contributed by atoms with E-state index in [4.69, 9.17) is 0 Å². The number of carbonyl (C=O) groups is 2. The van der Waals surface area contributed by atoms with Gasteiger partial charge in [0.15, 0.2) is 0 Å². The largest absolute Gasteiger partial charge is 0.352 e. The lowest BCUT2D eigenvalue weighted by Crippen LogP contribution is -2.55. The first-order valence-corrected chi connectivity index (χ1v) is 10.4. The summed E-state index contributed by atoms with van der Waals surface area (Å²) < 4.78 is 0.317. The molecule has 1 saturated heterocycles. The summed E-state index contributed by atoms with van der Waals surface area (Å²) in [6.07, 6.45) is 10.4. The van der Waals surface area contributed by atoms with Crippen molar-refractivity contribution in [3.63, 3.8) is 0 Å². The Morgan fingerprint density at radius 1 is 1.21 bits per heavy atom. The van der Waals surface area contributed by atoms with Crippen molar-refractivity contribution >= 4 is 27.7 Å². The summed E-state index contributed by atoms with van der Waals surface area (Å²) in [5.41, 5.74) is 0.242. The van der Waals surface area contributed by atoms with Crippen LogP contribution in [0.3, 0.4) is 0 Å². The molecule has 0 spiro atoms. The van der Waals surface area contributed by atoms with Crippen molar-refractivity contribution in [3.05, 3.63) is 0 Å². The Hall–Kier alpha value is -0.580. The van der Waals surface area contributed by atoms with Gasteiger partial charge < -0.3 is 10.2 Å². The lowest BCUT2D eigenvalue weighted by atomic mass is 9.48. The maximum atomic E-state index is 13.0. The first kappa shape index (κ1) is 16.9. The van der Waals surface area contributed by atoms with Gasteiger partial charge in [0.2, 0.25) is 11.8 Å². The molecule has 24 heavy (non-hydrogen) atoms. The molecule has 134 valence electrons. The van der Waals surface area contributed by atoms with Gasteiger partial charge in [0.25, 0.3) is 0 Å². The van der Waals surface area contributed by atoms with Crippen molar-refractivity contribution in [1.29, 1.82) is 0 Å². The number of likely N-dealkylation sites (tertiary alicyclic amines) is 1. The molecule has 3 unspecified atom stereocenters. The Bertz CT molecular complexity index is 535. The minimum Gasteiger partial charge on any atom is -0.352 e. The van der Waals surface area contributed by atoms with E-state index in [1.807, 2.05) is 4.90 Å². The fourth-order valence-electron chi connectivity index (χ4n) is 6.58. The summed E-state index contributed by atoms with van der Waals surface area (Å²) >= 11 is 4.04. The normalized spacial score (nSPS) is 43.8. The highest BCUT2D eigenvalue weighted by Crippen LogP contribution is 2.65. The van der Waals surface area contributed by atoms with Crippen LogP contribution in [0.1, 0.15) is 64.7 Å². The molecule has 1 heterocycles. The number of rotatable bonds is 3. The van der Waals surface area contributed by atoms with E-state index >= 15 is 0 Å². The molecule has 5 heteroatoms. The van der Waals surface area contributed by atoms with Crippen LogP contribution in [0.4, 0.5) is 0 Å². The molecule has 4 bridgehead atoms. The van der Waals surface area contributed by atoms with E-state index in [1.54, 1.807) is 6.92 Å². The number of carbonyl (C=O) groups excluding carboxylic acids is 2. The minimum absolute atomic E-state index is 0.0108. The van der Waals surface area contributed by atoms with E-state index in [0.29, 0.717) is 16.8 Å². The average Bonchev–Trinajstić information content (AvgIpc) is 2.43. The van der Waals surface area contributed by atoms with E-state index in [9.17, 15) is 9.59 Å². The number of amides is 2. The molecule has 5 rings (SSSR count). The third kappa shape index (κ3) is 3.25. The standard InChI is InChI=1S/C19H29BrN2O2/c1-13(23)21-16-3-2-4-22(11-16)17(24)10-18-6-14-5-15(7-18)9-19(20,8-14)12-18/h14-16H,2-12H2,1H3,(H,21,23). The van der Waals surface area contributed by atoms with Gasteiger partial charge in [0, 0.05) is 36.8 Å². The minimum atomic E-state index is 0.0108. The van der Waals surface area contributed by atoms with Crippen LogP contribution in [0.25, 0.3) is 0 Å². The van der Waals surface area contributed by atoms with Crippen LogP contribution in [0.2, 0.25) is 0 Å². The van der Waals surface area contributed by atoms with Gasteiger partial charge >= 0.3 is 0 Å². The molecule has 4 nitrogen and oxygen atoms in total. The van der Waals surface area contributed by atoms with E-state index in [1.165, 1.54) is 38.5 Å². The van der Waals surface area contributed by atoms with E-state index < -0.39 is 0 Å². The molecule has 0 aromatic rings. The van der Waals surface area contributed by atoms with Crippen LogP contribution >= 0.6 is 15.9 Å². The van der Waals surface area contributed by atoms with Crippen LogP contribution in [0, 0.1) is 17.3 Å². The Morgan fingerprint density at radius 2 is 1.92 bits per heavy atom. The van der Waals surface area contributed by atoms with E-state index in [0.717, 1.165) is 37.6 Å². The van der Waals surface area contributed by atoms with E-state index in [-0.39, 0.29) is 17.4 Å². The zero-order valence-corrected chi connectivity index (χ0v) is 16.2. The van der Waals surface area contributed by atoms with Gasteiger partial charge in [-0.05, 0) is 68.6 Å². The molecule has 0 aromatic carbocycles. The van der Waals surface area contributed by atoms with Crippen molar-refractivity contribution in [3.8, 4) is 0 Å². The highest BCUT2D eigenvalue weighted by Gasteiger charge is 2.57. The number of piperidine rings is 1. The van der Waals surface area contributed by atoms with Crippen LogP contribution in [0.5, 0.6) is 0 Å². The molecule has 2 amide bonds. The van der Waals surface area contributed by atoms with Crippen LogP contribution in [-0.2, 0) is 9.59 Å². The summed E-state index contributed by atoms with van der Waals surface area (Å²) in [5.74, 6) is 1.98. The third-order valence-corrected chi connectivity index (χ3v) is 7.75. The second-order valence-corrected chi connectivity index (χ2v) is 10.9. The van der Waals surface area contributed by atoms with Crippen molar-refractivity contribution in [2.45, 2.75) is 75.1 Å². The number of hydrogen-bond acceptors (Lipinski definition) is 2. The van der Waals surface area contributed by atoms with Crippen LogP contribution < -0.4 is 5.32 Å². The lowest BCUT2D eigenvalue weighted by molar-refractivity contribution is -0.140. The Kier molecular flexibility index (Phi) is 4.21. The van der Waals surface area contributed by atoms with Crippen molar-refractivity contribution < 1.29 is 9.59 Å². The summed E-state index contributed by atoms with van der Waals surface area (Å²) in [4.78, 5) is 26.3. The Morgan fingerprint density at radius 3 is 2.54 bits per heavy atom. The number of alkyl halides is 1. The van der Waals surface area contributed by atoms with Crippen LogP contribution in [0.15, 0.2) is 0 Å². The molecule has 4 saturated carbocycles. The molecule has 1 aliphatic heterocycles. The zero-order valence-electron chi connectivity index (χ0n) is 14.7. The third-order valence-electron chi connectivity index (χ3n) is 6.82. The molecule has 3 atom stereocenters. The highest BCUT2D eigenvalue weighted by atomic mass is 79.9. The van der Waals surface area contributed by atoms with Gasteiger partial charge in [-0.1, -0.05) is 15.9 Å². The molecular weight excluding hydrogens is 368 g/mol. The maximum Gasteiger partial charge on any atom is 0.223 e. The molecule has 4 aliphatic carbocycles. The van der Waals surface area contributed by atoms with Gasteiger partial charge in [-0.2, -0.15) is 0 Å². The summed E-state index contributed by atoms with van der Waals surface area (Å²) in [5, 5.41) is 2.99. The average molecular weight is 397 g/mol. The first-order chi connectivity index (χ1) is 11.3. The maximum absolute atomic E-state index is 13.0. The molecule has 0 radical (unpaired) electrons. The van der Waals surface area contributed by atoms with Crippen molar-refractivity contribution in [2.24, 2.45) is 17.3 Å². The monoisotopic (exact) mass is 396 g/mol. The smallest absolute Gasteiger partial charge is 0.223 e. The second-order valence-electron chi connectivity index (χ2n) is 9.17. The van der Waals surface area contributed by atoms with E-state index in [2.05, 4.69) is 21.2 Å². The van der Waals surface area contributed by atoms with Crippen molar-refractivity contribution in [1.82, 2.24) is 10.2 Å². The summed E-state index contributed by atoms with van der Waals surface area (Å²) in [6, 6.07) is 0.138. The van der Waals surface area contributed by atoms with Crippen LogP contribution in [-0.4, -0.2) is 40.2 Å². The first-order valence-electron chi connectivity index (χ1n) is 9.59. The van der Waals surface area contributed by atoms with Gasteiger partial charge in [-0.25, -0.2) is 0 Å². The molecular formula is C19H29BrN2O2. The molecule has 5 aliphatic rings. The number of hydrogen-bond donors (Lipinski definition) is 1. The Labute approximate surface area is 153 Å². The number of nitrogens with zero attached hydrogens (tertiary/aromatic N) is 1. The van der Waals surface area contributed by atoms with Gasteiger partial charge in [-0.3, -0.25) is 9.59 Å². The fraction of sp³-hybridized carbons (Fsp3) is 0.895. The molecule has 0 aromatic heterocycles. The number of nitrogens with one attached hydrogen (secondary N) is 1. The second kappa shape index (κ2) is 6.00. The topological polar surface area (TPSA) is 49.4 Å². The van der Waals surface area contributed by atoms with Gasteiger partial charge in [0.05, 0.1) is 0 Å². The van der Waals surface area contributed by atoms with Crippen molar-refractivity contribution in [2.75, 3.05) is 13.1 Å². The van der Waals surface area contributed by atoms with Gasteiger partial charge in [-0.15, -0.1) is 0 Å². The lowest BCUT2D eigenvalue weighted by Gasteiger charge is -2.60. The predicted octanol–water partition coefficient (Wildman–Crippen LogP) is 3.24. The Balaban J connectivity index is 1.41. The SMILES string of the molecule is CC(=O)NC1CCCN(C(=O)CC23CC4CC(CC(Br)(C4)C2)C3)C1. The zero-order chi connectivity index (χ0) is 16.9. The molecule has 5 fully saturated rings. The van der Waals surface area contributed by atoms with Gasteiger partial charge in [0.1, 0.15) is 0 Å². The summed E-state index contributed by atoms with van der Waals surface area (Å²) in [7, 11) is 0. The number of halogens is 1.